The summed E-state index contributed by atoms with van der Waals surface area (Å²) in [5.41, 5.74) is 5.46. The molecule has 1 saturated heterocycles. The average molecular weight is 289 g/mol. The zero-order valence-electron chi connectivity index (χ0n) is 11.9. The van der Waals surface area contributed by atoms with Crippen molar-refractivity contribution in [3.8, 4) is 0 Å². The maximum Gasteiger partial charge on any atom is 0.155 e. The number of rotatable bonds is 5. The van der Waals surface area contributed by atoms with E-state index >= 15 is 0 Å². The van der Waals surface area contributed by atoms with E-state index in [0.717, 1.165) is 25.7 Å². The van der Waals surface area contributed by atoms with Gasteiger partial charge in [-0.25, -0.2) is 8.42 Å². The van der Waals surface area contributed by atoms with E-state index in [-0.39, 0.29) is 22.7 Å². The minimum atomic E-state index is -3.07. The first-order valence-corrected chi connectivity index (χ1v) is 9.28. The van der Waals surface area contributed by atoms with Gasteiger partial charge in [0, 0.05) is 0 Å². The Labute approximate surface area is 117 Å². The van der Waals surface area contributed by atoms with Crippen molar-refractivity contribution in [3.63, 3.8) is 0 Å². The lowest BCUT2D eigenvalue weighted by atomic mass is 9.83. The van der Waals surface area contributed by atoms with E-state index in [1.807, 2.05) is 0 Å². The predicted octanol–water partition coefficient (Wildman–Crippen LogP) is 2.02. The van der Waals surface area contributed by atoms with Crippen molar-refractivity contribution < 1.29 is 13.2 Å². The van der Waals surface area contributed by atoms with Crippen LogP contribution < -0.4 is 5.73 Å². The minimum absolute atomic E-state index is 0.00947. The molecule has 1 spiro atoms. The van der Waals surface area contributed by atoms with E-state index in [4.69, 9.17) is 10.5 Å². The molecular formula is C14H27NO3S. The molecule has 1 saturated carbocycles. The van der Waals surface area contributed by atoms with E-state index < -0.39 is 9.84 Å². The van der Waals surface area contributed by atoms with E-state index in [1.165, 1.54) is 19.3 Å². The summed E-state index contributed by atoms with van der Waals surface area (Å²) >= 11 is 0. The number of nitrogens with two attached hydrogens (primary N) is 1. The number of ether oxygens (including phenoxy) is 1. The zero-order valence-corrected chi connectivity index (χ0v) is 12.8. The highest BCUT2D eigenvalue weighted by Crippen LogP contribution is 2.42. The third-order valence-corrected chi connectivity index (χ3v) is 7.01. The van der Waals surface area contributed by atoms with Gasteiger partial charge in [-0.15, -0.1) is 0 Å². The molecule has 2 fully saturated rings. The molecule has 0 bridgehead atoms. The van der Waals surface area contributed by atoms with Crippen LogP contribution in [0.15, 0.2) is 0 Å². The molecule has 5 heteroatoms. The first-order chi connectivity index (χ1) is 8.97. The van der Waals surface area contributed by atoms with Crippen LogP contribution in [0.25, 0.3) is 0 Å². The standard InChI is InChI=1S/C14H27NO3S/c1-12(6-10-15)19(16,17)11-13-5-9-14(18-13)7-3-2-4-8-14/h12-13H,2-11,15H2,1H3. The van der Waals surface area contributed by atoms with Crippen LogP contribution in [-0.2, 0) is 14.6 Å². The van der Waals surface area contributed by atoms with Gasteiger partial charge in [0.1, 0.15) is 0 Å². The number of sulfone groups is 1. The molecular weight excluding hydrogens is 262 g/mol. The minimum Gasteiger partial charge on any atom is -0.371 e. The smallest absolute Gasteiger partial charge is 0.155 e. The van der Waals surface area contributed by atoms with Gasteiger partial charge in [0.05, 0.1) is 22.7 Å². The quantitative estimate of drug-likeness (QED) is 0.840. The van der Waals surface area contributed by atoms with Crippen LogP contribution in [0.3, 0.4) is 0 Å². The largest absolute Gasteiger partial charge is 0.371 e. The topological polar surface area (TPSA) is 69.4 Å². The van der Waals surface area contributed by atoms with Gasteiger partial charge in [0.15, 0.2) is 9.84 Å². The van der Waals surface area contributed by atoms with Crippen molar-refractivity contribution in [2.24, 2.45) is 5.73 Å². The Hall–Kier alpha value is -0.130. The maximum absolute atomic E-state index is 12.2. The summed E-state index contributed by atoms with van der Waals surface area (Å²) in [7, 11) is -3.07. The molecule has 1 heterocycles. The summed E-state index contributed by atoms with van der Waals surface area (Å²) in [4.78, 5) is 0. The molecule has 0 amide bonds. The van der Waals surface area contributed by atoms with Crippen LogP contribution in [0, 0.1) is 0 Å². The fraction of sp³-hybridized carbons (Fsp3) is 1.00. The second-order valence-corrected chi connectivity index (χ2v) is 8.70. The van der Waals surface area contributed by atoms with E-state index in [9.17, 15) is 8.42 Å². The molecule has 0 aromatic heterocycles. The highest BCUT2D eigenvalue weighted by molar-refractivity contribution is 7.92. The fourth-order valence-corrected chi connectivity index (χ4v) is 4.99. The molecule has 0 radical (unpaired) electrons. The van der Waals surface area contributed by atoms with Gasteiger partial charge in [0.2, 0.25) is 0 Å². The Kier molecular flexibility index (Phi) is 4.90. The summed E-state index contributed by atoms with van der Waals surface area (Å²) < 4.78 is 30.6. The van der Waals surface area contributed by atoms with Gasteiger partial charge >= 0.3 is 0 Å². The molecule has 0 aromatic carbocycles. The van der Waals surface area contributed by atoms with Crippen LogP contribution in [0.5, 0.6) is 0 Å². The number of hydrogen-bond acceptors (Lipinski definition) is 4. The lowest BCUT2D eigenvalue weighted by Crippen LogP contribution is -2.35. The van der Waals surface area contributed by atoms with Crippen molar-refractivity contribution >= 4 is 9.84 Å². The third kappa shape index (κ3) is 3.70. The van der Waals surface area contributed by atoms with E-state index in [0.29, 0.717) is 13.0 Å². The Bertz CT molecular complexity index is 387. The lowest BCUT2D eigenvalue weighted by molar-refractivity contribution is -0.0560. The van der Waals surface area contributed by atoms with E-state index in [1.54, 1.807) is 6.92 Å². The van der Waals surface area contributed by atoms with Crippen molar-refractivity contribution in [1.82, 2.24) is 0 Å². The SMILES string of the molecule is CC(CCN)S(=O)(=O)CC1CCC2(CCCCC2)O1. The molecule has 19 heavy (non-hydrogen) atoms. The van der Waals surface area contributed by atoms with Gasteiger partial charge in [0.25, 0.3) is 0 Å². The normalized spacial score (nSPS) is 28.6. The first-order valence-electron chi connectivity index (χ1n) is 7.57. The second kappa shape index (κ2) is 6.10. The Morgan fingerprint density at radius 2 is 1.95 bits per heavy atom. The van der Waals surface area contributed by atoms with Gasteiger partial charge in [-0.3, -0.25) is 0 Å². The molecule has 2 rings (SSSR count). The molecule has 2 N–H and O–H groups in total. The summed E-state index contributed by atoms with van der Waals surface area (Å²) in [6.45, 7) is 2.18. The Morgan fingerprint density at radius 3 is 2.58 bits per heavy atom. The summed E-state index contributed by atoms with van der Waals surface area (Å²) in [5.74, 6) is 0.177. The highest BCUT2D eigenvalue weighted by atomic mass is 32.2. The molecule has 1 aliphatic heterocycles. The van der Waals surface area contributed by atoms with Crippen LogP contribution >= 0.6 is 0 Å². The Balaban J connectivity index is 1.91. The first kappa shape index (κ1) is 15.3. The van der Waals surface area contributed by atoms with E-state index in [2.05, 4.69) is 0 Å². The fourth-order valence-electron chi connectivity index (χ4n) is 3.41. The van der Waals surface area contributed by atoms with Crippen LogP contribution in [-0.4, -0.2) is 37.7 Å². The van der Waals surface area contributed by atoms with Crippen LogP contribution in [0.2, 0.25) is 0 Å². The molecule has 0 aromatic rings. The van der Waals surface area contributed by atoms with Crippen molar-refractivity contribution in [2.75, 3.05) is 12.3 Å². The molecule has 112 valence electrons. The van der Waals surface area contributed by atoms with Crippen molar-refractivity contribution in [2.45, 2.75) is 75.2 Å². The zero-order chi connectivity index (χ0) is 13.9. The van der Waals surface area contributed by atoms with Crippen molar-refractivity contribution in [3.05, 3.63) is 0 Å². The Morgan fingerprint density at radius 1 is 1.26 bits per heavy atom. The van der Waals surface area contributed by atoms with Crippen LogP contribution in [0.1, 0.15) is 58.3 Å². The molecule has 2 atom stereocenters. The molecule has 2 aliphatic rings. The molecule has 2 unspecified atom stereocenters. The summed E-state index contributed by atoms with van der Waals surface area (Å²) in [6, 6.07) is 0. The summed E-state index contributed by atoms with van der Waals surface area (Å²) in [5, 5.41) is -0.344. The maximum atomic E-state index is 12.2. The van der Waals surface area contributed by atoms with Gasteiger partial charge in [-0.1, -0.05) is 19.3 Å². The second-order valence-electron chi connectivity index (χ2n) is 6.24. The lowest BCUT2D eigenvalue weighted by Gasteiger charge is -2.33. The van der Waals surface area contributed by atoms with Crippen LogP contribution in [0.4, 0.5) is 0 Å². The highest BCUT2D eigenvalue weighted by Gasteiger charge is 2.42. The van der Waals surface area contributed by atoms with Gasteiger partial charge in [-0.05, 0) is 45.6 Å². The molecule has 4 nitrogen and oxygen atoms in total. The monoisotopic (exact) mass is 289 g/mol. The molecule has 1 aliphatic carbocycles. The predicted molar refractivity (Wildman–Crippen MR) is 76.8 cm³/mol. The van der Waals surface area contributed by atoms with Gasteiger partial charge in [-0.2, -0.15) is 0 Å². The summed E-state index contributed by atoms with van der Waals surface area (Å²) in [6.07, 6.45) is 8.35. The average Bonchev–Trinajstić information content (AvgIpc) is 2.72. The van der Waals surface area contributed by atoms with Gasteiger partial charge < -0.3 is 10.5 Å². The number of hydrogen-bond donors (Lipinski definition) is 1. The van der Waals surface area contributed by atoms with Crippen molar-refractivity contribution in [1.29, 1.82) is 0 Å². The third-order valence-electron chi connectivity index (χ3n) is 4.71.